The maximum Gasteiger partial charge on any atom is 0.211 e. The van der Waals surface area contributed by atoms with E-state index < -0.39 is 0 Å². The van der Waals surface area contributed by atoms with Crippen molar-refractivity contribution in [2.45, 2.75) is 19.3 Å². The average Bonchev–Trinajstić information content (AvgIpc) is 2.41. The zero-order chi connectivity index (χ0) is 13.0. The molecule has 2 aromatic carbocycles. The van der Waals surface area contributed by atoms with Crippen LogP contribution in [0.5, 0.6) is 0 Å². The third-order valence-corrected chi connectivity index (χ3v) is 3.33. The molecule has 0 saturated carbocycles. The summed E-state index contributed by atoms with van der Waals surface area (Å²) in [5.74, 6) is 0. The summed E-state index contributed by atoms with van der Waals surface area (Å²) in [5.41, 5.74) is 3.28. The van der Waals surface area contributed by atoms with Crippen molar-refractivity contribution in [1.82, 2.24) is 0 Å². The Morgan fingerprint density at radius 2 is 1.44 bits per heavy atom. The summed E-state index contributed by atoms with van der Waals surface area (Å²) in [6.45, 7) is 4.40. The number of hydrogen-bond acceptors (Lipinski definition) is 1. The Balaban J connectivity index is 2.32. The minimum Gasteiger partial charge on any atom is -0.329 e. The lowest BCUT2D eigenvalue weighted by atomic mass is 9.78. The Hall–Kier alpha value is -2.09. The summed E-state index contributed by atoms with van der Waals surface area (Å²) < 4.78 is 0. The minimum atomic E-state index is -0.0407. The van der Waals surface area contributed by atoms with Crippen LogP contribution in [0.3, 0.4) is 0 Å². The van der Waals surface area contributed by atoms with E-state index in [2.05, 4.69) is 55.6 Å². The number of amides is 1. The molecule has 0 radical (unpaired) electrons. The molecule has 92 valence electrons. The maximum atomic E-state index is 10.4. The van der Waals surface area contributed by atoms with E-state index in [9.17, 15) is 4.79 Å². The molecule has 0 saturated heterocycles. The minimum absolute atomic E-state index is 0.0407. The normalized spacial score (nSPS) is 11.0. The molecular weight excluding hydrogens is 222 g/mol. The zero-order valence-electron chi connectivity index (χ0n) is 10.7. The summed E-state index contributed by atoms with van der Waals surface area (Å²) in [5, 5.41) is 2.65. The molecule has 1 N–H and O–H groups in total. The van der Waals surface area contributed by atoms with Crippen molar-refractivity contribution >= 4 is 12.1 Å². The van der Waals surface area contributed by atoms with Gasteiger partial charge in [-0.3, -0.25) is 4.79 Å². The summed E-state index contributed by atoms with van der Waals surface area (Å²) in [6.07, 6.45) is 0.692. The molecule has 18 heavy (non-hydrogen) atoms. The first-order chi connectivity index (χ1) is 8.64. The molecule has 2 heteroatoms. The predicted octanol–water partition coefficient (Wildman–Crippen LogP) is 3.58. The fourth-order valence-corrected chi connectivity index (χ4v) is 2.07. The maximum absolute atomic E-state index is 10.4. The molecule has 0 spiro atoms. The molecule has 0 aliphatic rings. The van der Waals surface area contributed by atoms with Crippen molar-refractivity contribution in [2.24, 2.45) is 0 Å². The highest BCUT2D eigenvalue weighted by Gasteiger charge is 2.22. The highest BCUT2D eigenvalue weighted by atomic mass is 16.1. The second kappa shape index (κ2) is 5.05. The number of anilines is 1. The number of rotatable bonds is 4. The molecule has 0 atom stereocenters. The van der Waals surface area contributed by atoms with Crippen molar-refractivity contribution in [3.05, 3.63) is 65.7 Å². The molecule has 0 fully saturated rings. The lowest BCUT2D eigenvalue weighted by Crippen LogP contribution is -2.18. The topological polar surface area (TPSA) is 29.1 Å². The predicted molar refractivity (Wildman–Crippen MR) is 74.7 cm³/mol. The first kappa shape index (κ1) is 12.4. The van der Waals surface area contributed by atoms with E-state index in [4.69, 9.17) is 0 Å². The van der Waals surface area contributed by atoms with Crippen LogP contribution < -0.4 is 5.32 Å². The van der Waals surface area contributed by atoms with Crippen LogP contribution in [-0.2, 0) is 10.2 Å². The largest absolute Gasteiger partial charge is 0.329 e. The zero-order valence-corrected chi connectivity index (χ0v) is 10.7. The lowest BCUT2D eigenvalue weighted by Gasteiger charge is -2.26. The van der Waals surface area contributed by atoms with E-state index in [1.807, 2.05) is 18.2 Å². The summed E-state index contributed by atoms with van der Waals surface area (Å²) in [7, 11) is 0. The third-order valence-electron chi connectivity index (χ3n) is 3.33. The van der Waals surface area contributed by atoms with Gasteiger partial charge in [0, 0.05) is 11.1 Å². The van der Waals surface area contributed by atoms with Crippen LogP contribution in [0.4, 0.5) is 5.69 Å². The van der Waals surface area contributed by atoms with Crippen molar-refractivity contribution in [3.8, 4) is 0 Å². The molecule has 0 heterocycles. The molecule has 0 unspecified atom stereocenters. The Morgan fingerprint density at radius 1 is 0.889 bits per heavy atom. The van der Waals surface area contributed by atoms with Gasteiger partial charge in [0.05, 0.1) is 0 Å². The van der Waals surface area contributed by atoms with Crippen molar-refractivity contribution in [1.29, 1.82) is 0 Å². The molecule has 2 nitrogen and oxygen atoms in total. The quantitative estimate of drug-likeness (QED) is 0.812. The van der Waals surface area contributed by atoms with Crippen molar-refractivity contribution in [3.63, 3.8) is 0 Å². The lowest BCUT2D eigenvalue weighted by molar-refractivity contribution is -0.105. The van der Waals surface area contributed by atoms with Gasteiger partial charge in [0.25, 0.3) is 0 Å². The van der Waals surface area contributed by atoms with Gasteiger partial charge in [0.2, 0.25) is 6.41 Å². The summed E-state index contributed by atoms with van der Waals surface area (Å²) in [6, 6.07) is 18.4. The number of nitrogens with one attached hydrogen (secondary N) is 1. The van der Waals surface area contributed by atoms with Crippen LogP contribution >= 0.6 is 0 Å². The first-order valence-corrected chi connectivity index (χ1v) is 6.01. The molecule has 0 bridgehead atoms. The van der Waals surface area contributed by atoms with Gasteiger partial charge >= 0.3 is 0 Å². The van der Waals surface area contributed by atoms with E-state index in [1.165, 1.54) is 11.1 Å². The third kappa shape index (κ3) is 2.43. The molecule has 1 amide bonds. The summed E-state index contributed by atoms with van der Waals surface area (Å²) in [4.78, 5) is 10.4. The molecule has 0 aliphatic heterocycles. The van der Waals surface area contributed by atoms with Gasteiger partial charge < -0.3 is 5.32 Å². The highest BCUT2D eigenvalue weighted by molar-refractivity contribution is 5.71. The van der Waals surface area contributed by atoms with Crippen LogP contribution in [0.1, 0.15) is 25.0 Å². The molecule has 2 aromatic rings. The standard InChI is InChI=1S/C16H17NO/c1-16(2,13-6-4-3-5-7-13)14-8-10-15(11-9-14)17-12-18/h3-12H,1-2H3,(H,17,18). The van der Waals surface area contributed by atoms with E-state index >= 15 is 0 Å². The van der Waals surface area contributed by atoms with Gasteiger partial charge in [-0.2, -0.15) is 0 Å². The van der Waals surface area contributed by atoms with Crippen LogP contribution in [0.2, 0.25) is 0 Å². The van der Waals surface area contributed by atoms with Crippen LogP contribution in [0.25, 0.3) is 0 Å². The number of hydrogen-bond donors (Lipinski definition) is 1. The summed E-state index contributed by atoms with van der Waals surface area (Å²) >= 11 is 0. The Bertz CT molecular complexity index is 515. The van der Waals surface area contributed by atoms with Gasteiger partial charge in [-0.15, -0.1) is 0 Å². The second-order valence-electron chi connectivity index (χ2n) is 4.83. The number of benzene rings is 2. The SMILES string of the molecule is CC(C)(c1ccccc1)c1ccc(NC=O)cc1. The average molecular weight is 239 g/mol. The van der Waals surface area contributed by atoms with Gasteiger partial charge in [0.1, 0.15) is 0 Å². The molecule has 0 aliphatic carbocycles. The van der Waals surface area contributed by atoms with E-state index in [0.29, 0.717) is 6.41 Å². The van der Waals surface area contributed by atoms with Crippen molar-refractivity contribution < 1.29 is 4.79 Å². The van der Waals surface area contributed by atoms with Crippen LogP contribution in [0, 0.1) is 0 Å². The Morgan fingerprint density at radius 3 is 2.00 bits per heavy atom. The number of carbonyl (C=O) groups is 1. The van der Waals surface area contributed by atoms with Crippen LogP contribution in [-0.4, -0.2) is 6.41 Å². The van der Waals surface area contributed by atoms with Gasteiger partial charge in [0.15, 0.2) is 0 Å². The number of carbonyl (C=O) groups excluding carboxylic acids is 1. The fourth-order valence-electron chi connectivity index (χ4n) is 2.07. The second-order valence-corrected chi connectivity index (χ2v) is 4.83. The fraction of sp³-hybridized carbons (Fsp3) is 0.188. The van der Waals surface area contributed by atoms with Crippen molar-refractivity contribution in [2.75, 3.05) is 5.32 Å². The van der Waals surface area contributed by atoms with Gasteiger partial charge in [-0.25, -0.2) is 0 Å². The van der Waals surface area contributed by atoms with E-state index in [-0.39, 0.29) is 5.41 Å². The molecule has 2 rings (SSSR count). The van der Waals surface area contributed by atoms with Gasteiger partial charge in [-0.05, 0) is 23.3 Å². The molecular formula is C16H17NO. The van der Waals surface area contributed by atoms with Crippen LogP contribution in [0.15, 0.2) is 54.6 Å². The van der Waals surface area contributed by atoms with E-state index in [0.717, 1.165) is 5.69 Å². The smallest absolute Gasteiger partial charge is 0.211 e. The van der Waals surface area contributed by atoms with Gasteiger partial charge in [-0.1, -0.05) is 56.3 Å². The monoisotopic (exact) mass is 239 g/mol. The molecule has 0 aromatic heterocycles. The first-order valence-electron chi connectivity index (χ1n) is 6.01. The Labute approximate surface area is 108 Å². The highest BCUT2D eigenvalue weighted by Crippen LogP contribution is 2.31. The Kier molecular flexibility index (Phi) is 3.47. The van der Waals surface area contributed by atoms with E-state index in [1.54, 1.807) is 0 Å².